The summed E-state index contributed by atoms with van der Waals surface area (Å²) in [5.74, 6) is 1.40. The zero-order valence-corrected chi connectivity index (χ0v) is 16.4. The van der Waals surface area contributed by atoms with Crippen LogP contribution in [-0.2, 0) is 24.7 Å². The van der Waals surface area contributed by atoms with Crippen LogP contribution in [0, 0.1) is 0 Å². The van der Waals surface area contributed by atoms with E-state index >= 15 is 0 Å². The van der Waals surface area contributed by atoms with E-state index in [0.29, 0.717) is 5.75 Å². The molecule has 0 saturated heterocycles. The smallest absolute Gasteiger partial charge is 0.237 e. The molecule has 0 saturated carbocycles. The molecule has 0 fully saturated rings. The number of carbonyl (C=O) groups is 1. The van der Waals surface area contributed by atoms with Gasteiger partial charge in [0.05, 0.1) is 5.75 Å². The number of carbonyl (C=O) groups excluding carboxylic acids is 1. The molecule has 1 aromatic carbocycles. The average molecular weight is 385 g/mol. The topological polar surface area (TPSA) is 51.0 Å². The van der Waals surface area contributed by atoms with Crippen molar-refractivity contribution in [3.8, 4) is 0 Å². The maximum absolute atomic E-state index is 12.8. The van der Waals surface area contributed by atoms with Gasteiger partial charge in [0.15, 0.2) is 5.16 Å². The molecule has 1 amide bonds. The zero-order valence-electron chi connectivity index (χ0n) is 14.8. The van der Waals surface area contributed by atoms with Crippen LogP contribution in [0.3, 0.4) is 0 Å². The standard InChI is InChI=1S/C19H20N4OS2/c1-13-10-14-6-3-4-8-16(14)23(13)18(24)12-26-19-21-20-17(22(19)2)11-15-7-5-9-25-15/h3-9,13H,10-12H2,1-2H3/t13-/m1/s1. The van der Waals surface area contributed by atoms with Gasteiger partial charge >= 0.3 is 0 Å². The minimum atomic E-state index is 0.121. The van der Waals surface area contributed by atoms with Gasteiger partial charge in [0.1, 0.15) is 5.82 Å². The molecule has 3 heterocycles. The molecule has 0 radical (unpaired) electrons. The van der Waals surface area contributed by atoms with Gasteiger partial charge in [-0.2, -0.15) is 0 Å². The summed E-state index contributed by atoms with van der Waals surface area (Å²) in [6.45, 7) is 2.10. The van der Waals surface area contributed by atoms with Gasteiger partial charge in [-0.05, 0) is 36.4 Å². The fourth-order valence-corrected chi connectivity index (χ4v) is 4.83. The Bertz CT molecular complexity index is 920. The lowest BCUT2D eigenvalue weighted by atomic mass is 10.1. The van der Waals surface area contributed by atoms with Gasteiger partial charge in [-0.3, -0.25) is 4.79 Å². The quantitative estimate of drug-likeness (QED) is 0.632. The van der Waals surface area contributed by atoms with Gasteiger partial charge in [0.25, 0.3) is 0 Å². The molecule has 2 aromatic heterocycles. The molecule has 1 atom stereocenters. The second kappa shape index (κ2) is 7.25. The fraction of sp³-hybridized carbons (Fsp3) is 0.316. The van der Waals surface area contributed by atoms with Crippen molar-refractivity contribution in [2.24, 2.45) is 7.05 Å². The van der Waals surface area contributed by atoms with E-state index in [-0.39, 0.29) is 11.9 Å². The van der Waals surface area contributed by atoms with Crippen LogP contribution in [0.1, 0.15) is 23.2 Å². The largest absolute Gasteiger partial charge is 0.309 e. The molecular weight excluding hydrogens is 364 g/mol. The van der Waals surface area contributed by atoms with Gasteiger partial charge in [0, 0.05) is 30.1 Å². The number of benzene rings is 1. The first-order chi connectivity index (χ1) is 12.6. The predicted molar refractivity (Wildman–Crippen MR) is 106 cm³/mol. The Balaban J connectivity index is 1.43. The minimum absolute atomic E-state index is 0.121. The van der Waals surface area contributed by atoms with E-state index in [9.17, 15) is 4.79 Å². The van der Waals surface area contributed by atoms with Crippen molar-refractivity contribution in [3.63, 3.8) is 0 Å². The van der Waals surface area contributed by atoms with Crippen molar-refractivity contribution in [1.82, 2.24) is 14.8 Å². The third-order valence-electron chi connectivity index (χ3n) is 4.64. The summed E-state index contributed by atoms with van der Waals surface area (Å²) in [5.41, 5.74) is 2.29. The number of thiophene rings is 1. The molecule has 134 valence electrons. The third-order valence-corrected chi connectivity index (χ3v) is 6.52. The van der Waals surface area contributed by atoms with Crippen LogP contribution in [0.4, 0.5) is 5.69 Å². The SMILES string of the molecule is C[C@@H]1Cc2ccccc2N1C(=O)CSc1nnc(Cc2cccs2)n1C. The molecule has 3 aromatic rings. The van der Waals surface area contributed by atoms with Gasteiger partial charge in [-0.1, -0.05) is 36.0 Å². The van der Waals surface area contributed by atoms with E-state index in [1.807, 2.05) is 40.8 Å². The van der Waals surface area contributed by atoms with Gasteiger partial charge in [0.2, 0.25) is 5.91 Å². The van der Waals surface area contributed by atoms with E-state index in [4.69, 9.17) is 0 Å². The lowest BCUT2D eigenvalue weighted by Crippen LogP contribution is -2.37. The highest BCUT2D eigenvalue weighted by molar-refractivity contribution is 7.99. The number of anilines is 1. The second-order valence-electron chi connectivity index (χ2n) is 6.45. The lowest BCUT2D eigenvalue weighted by Gasteiger charge is -2.22. The normalized spacial score (nSPS) is 16.1. The Kier molecular flexibility index (Phi) is 4.82. The molecular formula is C19H20N4OS2. The van der Waals surface area contributed by atoms with Crippen molar-refractivity contribution in [1.29, 1.82) is 0 Å². The number of aromatic nitrogens is 3. The van der Waals surface area contributed by atoms with Crippen molar-refractivity contribution in [3.05, 3.63) is 58.0 Å². The predicted octanol–water partition coefficient (Wildman–Crippen LogP) is 3.54. The number of amides is 1. The number of fused-ring (bicyclic) bond motifs is 1. The number of hydrogen-bond donors (Lipinski definition) is 0. The van der Waals surface area contributed by atoms with Crippen molar-refractivity contribution >= 4 is 34.7 Å². The van der Waals surface area contributed by atoms with E-state index in [0.717, 1.165) is 29.5 Å². The lowest BCUT2D eigenvalue weighted by molar-refractivity contribution is -0.116. The molecule has 0 bridgehead atoms. The summed E-state index contributed by atoms with van der Waals surface area (Å²) < 4.78 is 1.99. The van der Waals surface area contributed by atoms with Crippen LogP contribution in [0.25, 0.3) is 0 Å². The molecule has 1 aliphatic heterocycles. The molecule has 5 nitrogen and oxygen atoms in total. The highest BCUT2D eigenvalue weighted by Crippen LogP contribution is 2.32. The first-order valence-corrected chi connectivity index (χ1v) is 10.4. The molecule has 0 unspecified atom stereocenters. The van der Waals surface area contributed by atoms with Crippen LogP contribution in [0.5, 0.6) is 0 Å². The van der Waals surface area contributed by atoms with Crippen LogP contribution >= 0.6 is 23.1 Å². The average Bonchev–Trinajstić information content (AvgIpc) is 3.33. The van der Waals surface area contributed by atoms with E-state index in [2.05, 4.69) is 34.6 Å². The molecule has 0 spiro atoms. The van der Waals surface area contributed by atoms with E-state index in [1.54, 1.807) is 11.3 Å². The minimum Gasteiger partial charge on any atom is -0.309 e. The van der Waals surface area contributed by atoms with Crippen LogP contribution in [0.15, 0.2) is 46.9 Å². The highest BCUT2D eigenvalue weighted by Gasteiger charge is 2.30. The number of hydrogen-bond acceptors (Lipinski definition) is 5. The summed E-state index contributed by atoms with van der Waals surface area (Å²) in [4.78, 5) is 16.0. The van der Waals surface area contributed by atoms with Crippen molar-refractivity contribution < 1.29 is 4.79 Å². The number of rotatable bonds is 5. The summed E-state index contributed by atoms with van der Waals surface area (Å²) in [5, 5.41) is 11.4. The number of thioether (sulfide) groups is 1. The molecule has 4 rings (SSSR count). The van der Waals surface area contributed by atoms with Gasteiger partial charge < -0.3 is 9.47 Å². The fourth-order valence-electron chi connectivity index (χ4n) is 3.34. The van der Waals surface area contributed by atoms with Crippen molar-refractivity contribution in [2.75, 3.05) is 10.7 Å². The Morgan fingerprint density at radius 3 is 2.92 bits per heavy atom. The van der Waals surface area contributed by atoms with Crippen LogP contribution in [-0.4, -0.2) is 32.5 Å². The van der Waals surface area contributed by atoms with E-state index < -0.39 is 0 Å². The Labute approximate surface area is 161 Å². The molecule has 26 heavy (non-hydrogen) atoms. The van der Waals surface area contributed by atoms with Gasteiger partial charge in [-0.15, -0.1) is 21.5 Å². The van der Waals surface area contributed by atoms with Gasteiger partial charge in [-0.25, -0.2) is 0 Å². The Morgan fingerprint density at radius 1 is 1.27 bits per heavy atom. The zero-order chi connectivity index (χ0) is 18.1. The third kappa shape index (κ3) is 3.29. The molecule has 1 aliphatic rings. The monoisotopic (exact) mass is 384 g/mol. The van der Waals surface area contributed by atoms with Crippen LogP contribution < -0.4 is 4.90 Å². The maximum Gasteiger partial charge on any atom is 0.237 e. The Morgan fingerprint density at radius 2 is 2.12 bits per heavy atom. The molecule has 7 heteroatoms. The van der Waals surface area contributed by atoms with Crippen molar-refractivity contribution in [2.45, 2.75) is 31.0 Å². The van der Waals surface area contributed by atoms with E-state index in [1.165, 1.54) is 22.2 Å². The molecule has 0 N–H and O–H groups in total. The summed E-state index contributed by atoms with van der Waals surface area (Å²) >= 11 is 3.17. The summed E-state index contributed by atoms with van der Waals surface area (Å²) in [7, 11) is 1.96. The Hall–Kier alpha value is -2.12. The number of nitrogens with zero attached hydrogens (tertiary/aromatic N) is 4. The maximum atomic E-state index is 12.8. The molecule has 0 aliphatic carbocycles. The second-order valence-corrected chi connectivity index (χ2v) is 8.42. The highest BCUT2D eigenvalue weighted by atomic mass is 32.2. The first kappa shape index (κ1) is 17.3. The number of para-hydroxylation sites is 1. The summed E-state index contributed by atoms with van der Waals surface area (Å²) in [6.07, 6.45) is 1.69. The van der Waals surface area contributed by atoms with Crippen LogP contribution in [0.2, 0.25) is 0 Å². The summed E-state index contributed by atoms with van der Waals surface area (Å²) in [6, 6.07) is 12.5. The first-order valence-electron chi connectivity index (χ1n) is 8.57.